The lowest BCUT2D eigenvalue weighted by molar-refractivity contribution is 0.0410. The van der Waals surface area contributed by atoms with Crippen molar-refractivity contribution in [3.63, 3.8) is 0 Å². The molecule has 1 aliphatic rings. The smallest absolute Gasteiger partial charge is 0.0594 e. The molecule has 0 N–H and O–H groups in total. The van der Waals surface area contributed by atoms with E-state index in [-0.39, 0.29) is 0 Å². The second kappa shape index (κ2) is 6.94. The average molecular weight is 237 g/mol. The number of nitrogens with zero attached hydrogens (tertiary/aromatic N) is 1. The van der Waals surface area contributed by atoms with Crippen LogP contribution >= 0.6 is 11.8 Å². The van der Waals surface area contributed by atoms with E-state index < -0.39 is 0 Å². The summed E-state index contributed by atoms with van der Waals surface area (Å²) in [6.45, 7) is 5.21. The van der Waals surface area contributed by atoms with Gasteiger partial charge in [0, 0.05) is 31.1 Å². The van der Waals surface area contributed by atoms with E-state index in [1.807, 2.05) is 11.8 Å². The van der Waals surface area contributed by atoms with Crippen molar-refractivity contribution in [3.8, 4) is 0 Å². The molecular weight excluding hydrogens is 218 g/mol. The minimum Gasteiger partial charge on any atom is -0.379 e. The molecule has 1 heterocycles. The summed E-state index contributed by atoms with van der Waals surface area (Å²) in [7, 11) is 0. The van der Waals surface area contributed by atoms with Crippen LogP contribution in [-0.2, 0) is 10.5 Å². The number of ether oxygens (including phenoxy) is 1. The van der Waals surface area contributed by atoms with E-state index >= 15 is 0 Å². The topological polar surface area (TPSA) is 12.5 Å². The Kier molecular flexibility index (Phi) is 5.19. The minimum atomic E-state index is 0.906. The summed E-state index contributed by atoms with van der Waals surface area (Å²) in [5.74, 6) is 2.35. The third-order valence-electron chi connectivity index (χ3n) is 2.77. The van der Waals surface area contributed by atoms with Crippen LogP contribution in [0.15, 0.2) is 30.3 Å². The standard InChI is InChI=1S/C13H19NOS/c1-2-4-13(5-3-1)12-16-11-8-14-6-9-15-10-7-14/h1-5H,6-12H2. The lowest BCUT2D eigenvalue weighted by atomic mass is 10.2. The largest absolute Gasteiger partial charge is 0.379 e. The molecule has 1 saturated heterocycles. The Bertz CT molecular complexity index is 285. The predicted molar refractivity (Wildman–Crippen MR) is 69.9 cm³/mol. The summed E-state index contributed by atoms with van der Waals surface area (Å²) in [5, 5.41) is 0. The Hall–Kier alpha value is -0.510. The normalized spacial score (nSPS) is 17.5. The molecular formula is C13H19NOS. The first-order chi connectivity index (χ1) is 7.95. The van der Waals surface area contributed by atoms with Crippen molar-refractivity contribution in [1.29, 1.82) is 0 Å². The maximum atomic E-state index is 5.33. The number of benzene rings is 1. The summed E-state index contributed by atoms with van der Waals surface area (Å²) in [4.78, 5) is 2.49. The van der Waals surface area contributed by atoms with Crippen LogP contribution in [0.3, 0.4) is 0 Å². The van der Waals surface area contributed by atoms with Gasteiger partial charge in [0.15, 0.2) is 0 Å². The molecule has 0 saturated carbocycles. The van der Waals surface area contributed by atoms with Crippen molar-refractivity contribution in [1.82, 2.24) is 4.90 Å². The maximum Gasteiger partial charge on any atom is 0.0594 e. The van der Waals surface area contributed by atoms with Crippen molar-refractivity contribution < 1.29 is 4.74 Å². The van der Waals surface area contributed by atoms with Gasteiger partial charge in [-0.05, 0) is 5.56 Å². The third kappa shape index (κ3) is 4.16. The van der Waals surface area contributed by atoms with Crippen LogP contribution in [0, 0.1) is 0 Å². The van der Waals surface area contributed by atoms with Gasteiger partial charge in [0.05, 0.1) is 13.2 Å². The molecule has 0 aromatic heterocycles. The molecule has 0 aliphatic carbocycles. The van der Waals surface area contributed by atoms with Crippen LogP contribution in [-0.4, -0.2) is 43.5 Å². The van der Waals surface area contributed by atoms with Crippen molar-refractivity contribution in [3.05, 3.63) is 35.9 Å². The van der Waals surface area contributed by atoms with E-state index in [0.29, 0.717) is 0 Å². The summed E-state index contributed by atoms with van der Waals surface area (Å²) in [6, 6.07) is 10.7. The molecule has 1 aromatic rings. The van der Waals surface area contributed by atoms with E-state index in [2.05, 4.69) is 35.2 Å². The highest BCUT2D eigenvalue weighted by Crippen LogP contribution is 2.12. The van der Waals surface area contributed by atoms with Gasteiger partial charge in [-0.15, -0.1) is 0 Å². The maximum absolute atomic E-state index is 5.33. The van der Waals surface area contributed by atoms with Crippen LogP contribution < -0.4 is 0 Å². The third-order valence-corrected chi connectivity index (χ3v) is 3.78. The highest BCUT2D eigenvalue weighted by atomic mass is 32.2. The van der Waals surface area contributed by atoms with Crippen LogP contribution in [0.25, 0.3) is 0 Å². The molecule has 1 fully saturated rings. The molecule has 88 valence electrons. The van der Waals surface area contributed by atoms with Gasteiger partial charge in [-0.3, -0.25) is 4.90 Å². The van der Waals surface area contributed by atoms with Crippen molar-refractivity contribution in [2.75, 3.05) is 38.6 Å². The zero-order valence-corrected chi connectivity index (χ0v) is 10.4. The van der Waals surface area contributed by atoms with Gasteiger partial charge in [-0.2, -0.15) is 11.8 Å². The number of rotatable bonds is 5. The van der Waals surface area contributed by atoms with Gasteiger partial charge in [0.1, 0.15) is 0 Å². The highest BCUT2D eigenvalue weighted by molar-refractivity contribution is 7.98. The van der Waals surface area contributed by atoms with E-state index in [1.54, 1.807) is 0 Å². The minimum absolute atomic E-state index is 0.906. The Morgan fingerprint density at radius 2 is 1.88 bits per heavy atom. The Morgan fingerprint density at radius 3 is 2.62 bits per heavy atom. The molecule has 3 heteroatoms. The first-order valence-electron chi connectivity index (χ1n) is 5.87. The first kappa shape index (κ1) is 12.0. The van der Waals surface area contributed by atoms with E-state index in [9.17, 15) is 0 Å². The van der Waals surface area contributed by atoms with Crippen molar-refractivity contribution >= 4 is 11.8 Å². The summed E-state index contributed by atoms with van der Waals surface area (Å²) < 4.78 is 5.33. The van der Waals surface area contributed by atoms with Gasteiger partial charge in [0.25, 0.3) is 0 Å². The van der Waals surface area contributed by atoms with Crippen LogP contribution in [0.1, 0.15) is 5.56 Å². The average Bonchev–Trinajstić information content (AvgIpc) is 2.37. The van der Waals surface area contributed by atoms with Crippen LogP contribution in [0.5, 0.6) is 0 Å². The second-order valence-electron chi connectivity index (χ2n) is 3.99. The van der Waals surface area contributed by atoms with Crippen LogP contribution in [0.2, 0.25) is 0 Å². The second-order valence-corrected chi connectivity index (χ2v) is 5.10. The van der Waals surface area contributed by atoms with Gasteiger partial charge in [-0.1, -0.05) is 30.3 Å². The zero-order valence-electron chi connectivity index (χ0n) is 9.60. The molecule has 0 radical (unpaired) electrons. The Morgan fingerprint density at radius 1 is 1.12 bits per heavy atom. The lowest BCUT2D eigenvalue weighted by Crippen LogP contribution is -2.37. The van der Waals surface area contributed by atoms with Crippen molar-refractivity contribution in [2.45, 2.75) is 5.75 Å². The quantitative estimate of drug-likeness (QED) is 0.729. The molecule has 2 rings (SSSR count). The molecule has 0 bridgehead atoms. The Labute approximate surface area is 102 Å². The van der Waals surface area contributed by atoms with Gasteiger partial charge < -0.3 is 4.74 Å². The van der Waals surface area contributed by atoms with E-state index in [0.717, 1.165) is 32.1 Å². The highest BCUT2D eigenvalue weighted by Gasteiger charge is 2.08. The molecule has 1 aromatic carbocycles. The zero-order chi connectivity index (χ0) is 11.1. The van der Waals surface area contributed by atoms with Gasteiger partial charge >= 0.3 is 0 Å². The monoisotopic (exact) mass is 237 g/mol. The number of thioether (sulfide) groups is 1. The van der Waals surface area contributed by atoms with Crippen molar-refractivity contribution in [2.24, 2.45) is 0 Å². The Balaban J connectivity index is 1.58. The molecule has 2 nitrogen and oxygen atoms in total. The van der Waals surface area contributed by atoms with E-state index in [4.69, 9.17) is 4.74 Å². The fourth-order valence-corrected chi connectivity index (χ4v) is 2.74. The van der Waals surface area contributed by atoms with E-state index in [1.165, 1.54) is 17.9 Å². The SMILES string of the molecule is c1ccc(CSCCN2CCOCC2)cc1. The lowest BCUT2D eigenvalue weighted by Gasteiger charge is -2.26. The summed E-state index contributed by atoms with van der Waals surface area (Å²) in [6.07, 6.45) is 0. The number of hydrogen-bond donors (Lipinski definition) is 0. The first-order valence-corrected chi connectivity index (χ1v) is 7.02. The molecule has 1 aliphatic heterocycles. The van der Waals surface area contributed by atoms with Gasteiger partial charge in [-0.25, -0.2) is 0 Å². The summed E-state index contributed by atoms with van der Waals surface area (Å²) >= 11 is 2.02. The molecule has 0 amide bonds. The fourth-order valence-electron chi connectivity index (χ4n) is 1.78. The fraction of sp³-hybridized carbons (Fsp3) is 0.538. The molecule has 0 spiro atoms. The van der Waals surface area contributed by atoms with Gasteiger partial charge in [0.2, 0.25) is 0 Å². The number of morpholine rings is 1. The molecule has 0 atom stereocenters. The summed E-state index contributed by atoms with van der Waals surface area (Å²) in [5.41, 5.74) is 1.43. The molecule has 0 unspecified atom stereocenters. The van der Waals surface area contributed by atoms with Crippen LogP contribution in [0.4, 0.5) is 0 Å². The number of hydrogen-bond acceptors (Lipinski definition) is 3. The molecule has 16 heavy (non-hydrogen) atoms. The predicted octanol–water partition coefficient (Wildman–Crippen LogP) is 2.25.